The van der Waals surface area contributed by atoms with Gasteiger partial charge in [-0.15, -0.1) is 0 Å². The van der Waals surface area contributed by atoms with Crippen LogP contribution < -0.4 is 0 Å². The van der Waals surface area contributed by atoms with Crippen molar-refractivity contribution in [1.29, 1.82) is 0 Å². The zero-order valence-corrected chi connectivity index (χ0v) is 26.4. The van der Waals surface area contributed by atoms with Crippen LogP contribution in [0.3, 0.4) is 0 Å². The van der Waals surface area contributed by atoms with E-state index in [1.807, 2.05) is 66.7 Å². The van der Waals surface area contributed by atoms with Crippen LogP contribution in [0.15, 0.2) is 94.9 Å². The maximum absolute atomic E-state index is 14.9. The Labute approximate surface area is 277 Å². The third-order valence-corrected chi connectivity index (χ3v) is 10.9. The fourth-order valence-corrected chi connectivity index (χ4v) is 8.83. The molecule has 9 nitrogen and oxygen atoms in total. The molecule has 48 heavy (non-hydrogen) atoms. The molecule has 1 aromatic heterocycles. The molecule has 0 spiro atoms. The average molecular weight is 648 g/mol. The minimum absolute atomic E-state index is 0.0331. The number of carboxylic acids is 1. The minimum Gasteiger partial charge on any atom is -0.481 e. The predicted octanol–water partition coefficient (Wildman–Crippen LogP) is 5.24. The van der Waals surface area contributed by atoms with Crippen LogP contribution in [-0.4, -0.2) is 51.0 Å². The van der Waals surface area contributed by atoms with E-state index in [4.69, 9.17) is 9.52 Å². The number of ketones is 2. The summed E-state index contributed by atoms with van der Waals surface area (Å²) in [6.45, 7) is -0.134. The maximum Gasteiger partial charge on any atom is 0.303 e. The molecule has 9 heteroatoms. The Morgan fingerprint density at radius 2 is 1.60 bits per heavy atom. The predicted molar refractivity (Wildman–Crippen MR) is 174 cm³/mol. The fourth-order valence-electron chi connectivity index (χ4n) is 8.83. The molecule has 246 valence electrons. The molecule has 6 unspecified atom stereocenters. The lowest BCUT2D eigenvalue weighted by Gasteiger charge is -2.54. The third kappa shape index (κ3) is 4.99. The van der Waals surface area contributed by atoms with Gasteiger partial charge in [-0.3, -0.25) is 28.9 Å². The summed E-state index contributed by atoms with van der Waals surface area (Å²) in [4.78, 5) is 69.9. The van der Waals surface area contributed by atoms with Gasteiger partial charge in [-0.05, 0) is 60.9 Å². The number of aliphatic hydroxyl groups excluding tert-OH is 1. The first-order valence-electron chi connectivity index (χ1n) is 16.6. The second kappa shape index (κ2) is 12.6. The first-order valence-corrected chi connectivity index (χ1v) is 16.6. The number of hydrogen-bond donors (Lipinski definition) is 2. The summed E-state index contributed by atoms with van der Waals surface area (Å²) >= 11 is 0. The van der Waals surface area contributed by atoms with Gasteiger partial charge in [0.15, 0.2) is 11.6 Å². The number of imide groups is 1. The number of aliphatic hydroxyl groups is 1. The number of rotatable bonds is 10. The molecular formula is C39H37NO8. The lowest BCUT2D eigenvalue weighted by Crippen LogP contribution is -2.58. The molecule has 6 atom stereocenters. The van der Waals surface area contributed by atoms with Crippen LogP contribution in [0.4, 0.5) is 0 Å². The molecule has 3 aliphatic carbocycles. The number of nitrogens with zero attached hydrogens (tertiary/aromatic N) is 1. The van der Waals surface area contributed by atoms with Crippen molar-refractivity contribution in [2.75, 3.05) is 6.54 Å². The smallest absolute Gasteiger partial charge is 0.303 e. The van der Waals surface area contributed by atoms with Crippen molar-refractivity contribution >= 4 is 34.9 Å². The van der Waals surface area contributed by atoms with E-state index in [1.165, 1.54) is 11.0 Å². The van der Waals surface area contributed by atoms with Crippen LogP contribution in [0.2, 0.25) is 0 Å². The first-order chi connectivity index (χ1) is 23.3. The van der Waals surface area contributed by atoms with Crippen molar-refractivity contribution in [3.8, 4) is 0 Å². The number of amides is 2. The van der Waals surface area contributed by atoms with Crippen LogP contribution in [0, 0.1) is 23.7 Å². The Hall–Kier alpha value is -4.89. The molecule has 1 aliphatic heterocycles. The highest BCUT2D eigenvalue weighted by atomic mass is 16.4. The summed E-state index contributed by atoms with van der Waals surface area (Å²) in [5, 5.41) is 18.9. The monoisotopic (exact) mass is 647 g/mol. The lowest BCUT2D eigenvalue weighted by molar-refractivity contribution is -0.141. The van der Waals surface area contributed by atoms with E-state index in [-0.39, 0.29) is 49.4 Å². The second-order valence-electron chi connectivity index (χ2n) is 13.3. The molecule has 3 aromatic rings. The number of likely N-dealkylation sites (tertiary alicyclic amines) is 1. The number of unbranched alkanes of at least 4 members (excludes halogenated alkanes) is 2. The quantitative estimate of drug-likeness (QED) is 0.173. The largest absolute Gasteiger partial charge is 0.481 e. The van der Waals surface area contributed by atoms with Gasteiger partial charge in [-0.1, -0.05) is 78.7 Å². The number of fused-ring (bicyclic) bond motifs is 4. The van der Waals surface area contributed by atoms with Gasteiger partial charge in [-0.2, -0.15) is 0 Å². The number of furan rings is 1. The van der Waals surface area contributed by atoms with Crippen molar-refractivity contribution in [1.82, 2.24) is 4.90 Å². The normalized spacial score (nSPS) is 28.0. The zero-order chi connectivity index (χ0) is 33.6. The van der Waals surface area contributed by atoms with Crippen molar-refractivity contribution in [3.63, 3.8) is 0 Å². The second-order valence-corrected chi connectivity index (χ2v) is 13.3. The molecule has 1 saturated heterocycles. The molecule has 2 fully saturated rings. The van der Waals surface area contributed by atoms with Gasteiger partial charge >= 0.3 is 5.97 Å². The Morgan fingerprint density at radius 3 is 2.29 bits per heavy atom. The number of hydrogen-bond acceptors (Lipinski definition) is 7. The number of aliphatic carboxylic acids is 1. The fraction of sp³-hybridized carbons (Fsp3) is 0.359. The van der Waals surface area contributed by atoms with Gasteiger partial charge in [0.25, 0.3) is 0 Å². The van der Waals surface area contributed by atoms with E-state index < -0.39 is 41.0 Å². The highest BCUT2D eigenvalue weighted by Gasteiger charge is 2.66. The Bertz CT molecular complexity index is 1840. The maximum atomic E-state index is 14.9. The van der Waals surface area contributed by atoms with Gasteiger partial charge in [0, 0.05) is 24.5 Å². The highest BCUT2D eigenvalue weighted by Crippen LogP contribution is 2.63. The van der Waals surface area contributed by atoms with Crippen molar-refractivity contribution in [3.05, 3.63) is 113 Å². The summed E-state index contributed by atoms with van der Waals surface area (Å²) in [5.41, 5.74) is 1.05. The summed E-state index contributed by atoms with van der Waals surface area (Å²) < 4.78 is 6.21. The summed E-state index contributed by atoms with van der Waals surface area (Å²) in [5.74, 6) is -4.51. The van der Waals surface area contributed by atoms with E-state index in [0.29, 0.717) is 53.9 Å². The number of benzene rings is 2. The van der Waals surface area contributed by atoms with Crippen LogP contribution in [0.5, 0.6) is 0 Å². The SMILES string of the molecule is O=C(O)CCCCCN1C(=O)C2CC=C3C(CC4C(=O)C(c5ccccc5)=CC(=O)C4(c4ccccc4)C3c3ccc(CO)o3)C2C1=O. The summed E-state index contributed by atoms with van der Waals surface area (Å²) in [7, 11) is 0. The van der Waals surface area contributed by atoms with E-state index >= 15 is 0 Å². The number of carbonyl (C=O) groups is 5. The van der Waals surface area contributed by atoms with Gasteiger partial charge < -0.3 is 14.6 Å². The molecule has 2 N–H and O–H groups in total. The van der Waals surface area contributed by atoms with E-state index in [9.17, 15) is 29.1 Å². The van der Waals surface area contributed by atoms with E-state index in [2.05, 4.69) is 0 Å². The van der Waals surface area contributed by atoms with Crippen molar-refractivity contribution < 1.29 is 38.6 Å². The highest BCUT2D eigenvalue weighted by molar-refractivity contribution is 6.31. The molecule has 1 saturated carbocycles. The summed E-state index contributed by atoms with van der Waals surface area (Å²) in [6.07, 6.45) is 5.53. The Kier molecular flexibility index (Phi) is 8.33. The molecule has 0 bridgehead atoms. The topological polar surface area (TPSA) is 142 Å². The lowest BCUT2D eigenvalue weighted by atomic mass is 9.45. The number of allylic oxidation sites excluding steroid dienone is 4. The third-order valence-electron chi connectivity index (χ3n) is 10.9. The molecular weight excluding hydrogens is 610 g/mol. The zero-order valence-electron chi connectivity index (χ0n) is 26.4. The minimum atomic E-state index is -1.38. The Morgan fingerprint density at radius 1 is 0.875 bits per heavy atom. The van der Waals surface area contributed by atoms with E-state index in [0.717, 1.165) is 5.57 Å². The number of carbonyl (C=O) groups excluding carboxylic acids is 4. The molecule has 7 rings (SSSR count). The van der Waals surface area contributed by atoms with Crippen molar-refractivity contribution in [2.24, 2.45) is 23.7 Å². The molecule has 0 radical (unpaired) electrons. The first kappa shape index (κ1) is 31.7. The number of carboxylic acid groups (broad SMARTS) is 1. The van der Waals surface area contributed by atoms with Crippen LogP contribution in [0.1, 0.15) is 67.1 Å². The standard InChI is InChI=1S/C39H37NO8/c41-22-25-15-18-31(48-25)35-26-16-17-27-34(38(47)40(37(27)46)19-9-3-8-14-33(43)44)29(26)20-30-36(45)28(23-10-4-1-5-11-23)21-32(42)39(30,35)24-12-6-2-7-13-24/h1-2,4-7,10-13,15-16,18,21,27,29-30,34-35,41H,3,8-9,14,17,19-20,22H2,(H,43,44). The Balaban J connectivity index is 1.35. The van der Waals surface area contributed by atoms with Gasteiger partial charge in [-0.25, -0.2) is 0 Å². The van der Waals surface area contributed by atoms with Crippen LogP contribution >= 0.6 is 0 Å². The van der Waals surface area contributed by atoms with Gasteiger partial charge in [0.1, 0.15) is 18.1 Å². The van der Waals surface area contributed by atoms with Gasteiger partial charge in [0.05, 0.1) is 23.2 Å². The molecule has 2 heterocycles. The summed E-state index contributed by atoms with van der Waals surface area (Å²) in [6, 6.07) is 21.8. The molecule has 2 amide bonds. The van der Waals surface area contributed by atoms with Crippen LogP contribution in [-0.2, 0) is 36.0 Å². The van der Waals surface area contributed by atoms with E-state index in [1.54, 1.807) is 12.1 Å². The van der Waals surface area contributed by atoms with Crippen molar-refractivity contribution in [2.45, 2.75) is 56.5 Å². The molecule has 2 aromatic carbocycles. The molecule has 4 aliphatic rings. The number of Topliss-reactive ketones (excluding diaryl/α,β-unsaturated/α-hetero) is 1. The average Bonchev–Trinajstić information content (AvgIpc) is 3.67. The van der Waals surface area contributed by atoms with Gasteiger partial charge in [0.2, 0.25) is 11.8 Å². The van der Waals surface area contributed by atoms with Crippen LogP contribution in [0.25, 0.3) is 5.57 Å².